The lowest BCUT2D eigenvalue weighted by Gasteiger charge is -2.14. The monoisotopic (exact) mass is 375 g/mol. The zero-order valence-corrected chi connectivity index (χ0v) is 15.7. The smallest absolute Gasteiger partial charge is 0.338 e. The molecule has 2 rings (SSSR count). The summed E-state index contributed by atoms with van der Waals surface area (Å²) in [4.78, 5) is 24.4. The second-order valence-electron chi connectivity index (χ2n) is 6.07. The van der Waals surface area contributed by atoms with Crippen LogP contribution in [0.3, 0.4) is 0 Å². The Morgan fingerprint density at radius 3 is 2.31 bits per heavy atom. The van der Waals surface area contributed by atoms with Crippen LogP contribution in [0, 0.1) is 0 Å². The first-order valence-electron chi connectivity index (χ1n) is 8.33. The van der Waals surface area contributed by atoms with Crippen LogP contribution in [-0.2, 0) is 20.9 Å². The van der Waals surface area contributed by atoms with Crippen molar-refractivity contribution in [1.29, 1.82) is 0 Å². The third kappa shape index (κ3) is 5.86. The molecular weight excluding hydrogens is 354 g/mol. The van der Waals surface area contributed by atoms with Crippen molar-refractivity contribution >= 4 is 29.2 Å². The molecule has 1 N–H and O–H groups in total. The van der Waals surface area contributed by atoms with Gasteiger partial charge in [-0.05, 0) is 50.6 Å². The molecule has 0 radical (unpaired) electrons. The molecule has 2 aromatic carbocycles. The summed E-state index contributed by atoms with van der Waals surface area (Å²) < 4.78 is 10.7. The zero-order chi connectivity index (χ0) is 19.1. The van der Waals surface area contributed by atoms with Crippen LogP contribution in [0.25, 0.3) is 0 Å². The number of amides is 1. The molecule has 0 aliphatic rings. The molecule has 0 unspecified atom stereocenters. The molecule has 0 saturated carbocycles. The first kappa shape index (κ1) is 19.9. The number of benzene rings is 2. The lowest BCUT2D eigenvalue weighted by molar-refractivity contribution is -0.123. The fraction of sp³-hybridized carbons (Fsp3) is 0.300. The normalized spacial score (nSPS) is 11.9. The minimum absolute atomic E-state index is 0.136. The van der Waals surface area contributed by atoms with Crippen LogP contribution in [0.5, 0.6) is 0 Å². The van der Waals surface area contributed by atoms with Gasteiger partial charge in [0.25, 0.3) is 5.91 Å². The Balaban J connectivity index is 1.91. The van der Waals surface area contributed by atoms with E-state index in [-0.39, 0.29) is 6.10 Å². The fourth-order valence-electron chi connectivity index (χ4n) is 2.08. The number of anilines is 1. The molecule has 0 aliphatic heterocycles. The minimum Gasteiger partial charge on any atom is -0.449 e. The Morgan fingerprint density at radius 1 is 1.04 bits per heavy atom. The molecule has 0 saturated heterocycles. The predicted octanol–water partition coefficient (Wildman–Crippen LogP) is 4.45. The molecule has 0 spiro atoms. The summed E-state index contributed by atoms with van der Waals surface area (Å²) in [6.07, 6.45) is -0.820. The SMILES string of the molecule is CC(C)OCc1ccc(C(=O)O[C@@H](C)C(=O)Nc2ccccc2Cl)cc1. The van der Waals surface area contributed by atoms with Crippen molar-refractivity contribution < 1.29 is 19.1 Å². The number of carbonyl (C=O) groups excluding carboxylic acids is 2. The minimum atomic E-state index is -0.956. The van der Waals surface area contributed by atoms with Gasteiger partial charge in [-0.25, -0.2) is 4.79 Å². The van der Waals surface area contributed by atoms with Gasteiger partial charge in [0.2, 0.25) is 0 Å². The molecule has 0 aromatic heterocycles. The second kappa shape index (κ2) is 9.36. The number of ether oxygens (including phenoxy) is 2. The summed E-state index contributed by atoms with van der Waals surface area (Å²) in [5.74, 6) is -1.02. The van der Waals surface area contributed by atoms with Crippen molar-refractivity contribution in [2.24, 2.45) is 0 Å². The van der Waals surface area contributed by atoms with E-state index in [1.165, 1.54) is 6.92 Å². The number of nitrogens with one attached hydrogen (secondary N) is 1. The fourth-order valence-corrected chi connectivity index (χ4v) is 2.26. The van der Waals surface area contributed by atoms with E-state index in [0.29, 0.717) is 22.9 Å². The van der Waals surface area contributed by atoms with E-state index < -0.39 is 18.0 Å². The molecule has 0 heterocycles. The Bertz CT molecular complexity index is 759. The van der Waals surface area contributed by atoms with Crippen LogP contribution < -0.4 is 5.32 Å². The molecule has 0 fully saturated rings. The molecule has 0 aliphatic carbocycles. The van der Waals surface area contributed by atoms with Crippen molar-refractivity contribution in [3.8, 4) is 0 Å². The number of rotatable bonds is 7. The van der Waals surface area contributed by atoms with Gasteiger partial charge in [0.05, 0.1) is 29.0 Å². The number of esters is 1. The quantitative estimate of drug-likeness (QED) is 0.726. The van der Waals surface area contributed by atoms with Crippen molar-refractivity contribution in [2.75, 3.05) is 5.32 Å². The van der Waals surface area contributed by atoms with Gasteiger partial charge in [0.1, 0.15) is 0 Å². The van der Waals surface area contributed by atoms with Crippen molar-refractivity contribution in [3.63, 3.8) is 0 Å². The lowest BCUT2D eigenvalue weighted by atomic mass is 10.1. The van der Waals surface area contributed by atoms with Crippen molar-refractivity contribution in [2.45, 2.75) is 39.6 Å². The van der Waals surface area contributed by atoms with Gasteiger partial charge < -0.3 is 14.8 Å². The number of hydrogen-bond donors (Lipinski definition) is 1. The van der Waals surface area contributed by atoms with Gasteiger partial charge in [0.15, 0.2) is 6.10 Å². The highest BCUT2D eigenvalue weighted by Crippen LogP contribution is 2.20. The maximum Gasteiger partial charge on any atom is 0.338 e. The van der Waals surface area contributed by atoms with E-state index in [4.69, 9.17) is 21.1 Å². The zero-order valence-electron chi connectivity index (χ0n) is 15.0. The highest BCUT2D eigenvalue weighted by atomic mass is 35.5. The third-order valence-electron chi connectivity index (χ3n) is 3.56. The standard InChI is InChI=1S/C20H22ClNO4/c1-13(2)25-12-15-8-10-16(11-9-15)20(24)26-14(3)19(23)22-18-7-5-4-6-17(18)21/h4-11,13-14H,12H2,1-3H3,(H,22,23)/t14-/m0/s1. The molecule has 1 atom stereocenters. The molecule has 26 heavy (non-hydrogen) atoms. The molecular formula is C20H22ClNO4. The first-order chi connectivity index (χ1) is 12.4. The van der Waals surface area contributed by atoms with Gasteiger partial charge in [0, 0.05) is 0 Å². The van der Waals surface area contributed by atoms with Crippen LogP contribution >= 0.6 is 11.6 Å². The van der Waals surface area contributed by atoms with Crippen LogP contribution in [0.4, 0.5) is 5.69 Å². The average molecular weight is 376 g/mol. The highest BCUT2D eigenvalue weighted by Gasteiger charge is 2.19. The number of carbonyl (C=O) groups is 2. The molecule has 6 heteroatoms. The van der Waals surface area contributed by atoms with Gasteiger partial charge in [-0.3, -0.25) is 4.79 Å². The largest absolute Gasteiger partial charge is 0.449 e. The molecule has 0 bridgehead atoms. The van der Waals surface area contributed by atoms with E-state index in [0.717, 1.165) is 5.56 Å². The first-order valence-corrected chi connectivity index (χ1v) is 8.71. The van der Waals surface area contributed by atoms with E-state index in [1.54, 1.807) is 48.5 Å². The van der Waals surface area contributed by atoms with E-state index in [9.17, 15) is 9.59 Å². The average Bonchev–Trinajstić information content (AvgIpc) is 2.62. The Hall–Kier alpha value is -2.37. The summed E-state index contributed by atoms with van der Waals surface area (Å²) >= 11 is 6.00. The van der Waals surface area contributed by atoms with E-state index in [1.807, 2.05) is 13.8 Å². The summed E-state index contributed by atoms with van der Waals surface area (Å²) in [6, 6.07) is 13.8. The summed E-state index contributed by atoms with van der Waals surface area (Å²) in [7, 11) is 0. The van der Waals surface area contributed by atoms with Gasteiger partial charge in [-0.15, -0.1) is 0 Å². The van der Waals surface area contributed by atoms with Crippen LogP contribution in [0.2, 0.25) is 5.02 Å². The lowest BCUT2D eigenvalue weighted by Crippen LogP contribution is -2.30. The molecule has 1 amide bonds. The Kier molecular flexibility index (Phi) is 7.18. The topological polar surface area (TPSA) is 64.6 Å². The summed E-state index contributed by atoms with van der Waals surface area (Å²) in [6.45, 7) is 5.90. The van der Waals surface area contributed by atoms with Gasteiger partial charge >= 0.3 is 5.97 Å². The van der Waals surface area contributed by atoms with Crippen LogP contribution in [0.15, 0.2) is 48.5 Å². The number of para-hydroxylation sites is 1. The Morgan fingerprint density at radius 2 is 1.69 bits per heavy atom. The van der Waals surface area contributed by atoms with Gasteiger partial charge in [-0.2, -0.15) is 0 Å². The van der Waals surface area contributed by atoms with Crippen molar-refractivity contribution in [1.82, 2.24) is 0 Å². The highest BCUT2D eigenvalue weighted by molar-refractivity contribution is 6.33. The summed E-state index contributed by atoms with van der Waals surface area (Å²) in [5.41, 5.74) is 1.80. The molecule has 138 valence electrons. The number of halogens is 1. The van der Waals surface area contributed by atoms with Crippen LogP contribution in [0.1, 0.15) is 36.7 Å². The Labute approximate surface area is 158 Å². The molecule has 5 nitrogen and oxygen atoms in total. The number of hydrogen-bond acceptors (Lipinski definition) is 4. The predicted molar refractivity (Wildman–Crippen MR) is 101 cm³/mol. The van der Waals surface area contributed by atoms with Crippen LogP contribution in [-0.4, -0.2) is 24.1 Å². The maximum absolute atomic E-state index is 12.2. The van der Waals surface area contributed by atoms with E-state index >= 15 is 0 Å². The van der Waals surface area contributed by atoms with Gasteiger partial charge in [-0.1, -0.05) is 35.9 Å². The second-order valence-corrected chi connectivity index (χ2v) is 6.48. The van der Waals surface area contributed by atoms with E-state index in [2.05, 4.69) is 5.32 Å². The maximum atomic E-state index is 12.2. The summed E-state index contributed by atoms with van der Waals surface area (Å²) in [5, 5.41) is 3.05. The van der Waals surface area contributed by atoms with Crippen molar-refractivity contribution in [3.05, 3.63) is 64.7 Å². The molecule has 2 aromatic rings. The third-order valence-corrected chi connectivity index (χ3v) is 3.89.